The maximum Gasteiger partial charge on any atom is 0.315 e. The van der Waals surface area contributed by atoms with Crippen molar-refractivity contribution in [1.82, 2.24) is 15.6 Å². The molecule has 2 amide bonds. The minimum Gasteiger partial charge on any atom is -0.361 e. The number of carbonyl (C=O) groups is 1. The monoisotopic (exact) mass is 377 g/mol. The van der Waals surface area contributed by atoms with Crippen molar-refractivity contribution < 1.29 is 13.2 Å². The summed E-state index contributed by atoms with van der Waals surface area (Å²) in [6, 6.07) is 6.06. The zero-order chi connectivity index (χ0) is 18.7. The molecule has 6 nitrogen and oxygen atoms in total. The fourth-order valence-corrected chi connectivity index (χ4v) is 4.96. The molecule has 2 aromatic rings. The first kappa shape index (κ1) is 18.8. The van der Waals surface area contributed by atoms with Gasteiger partial charge in [0.1, 0.15) is 9.84 Å². The molecule has 3 rings (SSSR count). The Labute approximate surface area is 154 Å². The number of benzene rings is 1. The summed E-state index contributed by atoms with van der Waals surface area (Å²) >= 11 is 0. The van der Waals surface area contributed by atoms with E-state index >= 15 is 0 Å². The first-order chi connectivity index (χ1) is 12.3. The molecule has 0 spiro atoms. The zero-order valence-corrected chi connectivity index (χ0v) is 16.2. The molecule has 0 bridgehead atoms. The molecule has 0 radical (unpaired) electrons. The summed E-state index contributed by atoms with van der Waals surface area (Å²) in [4.78, 5) is 15.4. The average molecular weight is 378 g/mol. The standard InChI is InChI=1S/C19H27N3O3S/c1-13-4-3-5-17-18(13)14(12-21-17)10-11-20-19(23)22-15-6-8-16(9-7-15)26(2,24)25/h3-5,12,15-16,21H,6-11H2,1-2H3,(H2,20,22,23). The van der Waals surface area contributed by atoms with Gasteiger partial charge in [0.15, 0.2) is 0 Å². The van der Waals surface area contributed by atoms with Crippen molar-refractivity contribution in [3.8, 4) is 0 Å². The Kier molecular flexibility index (Phi) is 5.55. The molecule has 1 aromatic heterocycles. The smallest absolute Gasteiger partial charge is 0.315 e. The molecule has 0 atom stereocenters. The van der Waals surface area contributed by atoms with E-state index in [-0.39, 0.29) is 17.3 Å². The van der Waals surface area contributed by atoms with Crippen LogP contribution in [0.1, 0.15) is 36.8 Å². The molecule has 0 saturated heterocycles. The SMILES string of the molecule is Cc1cccc2[nH]cc(CCNC(=O)NC3CCC(S(C)(=O)=O)CC3)c12. The Bertz CT molecular complexity index is 881. The van der Waals surface area contributed by atoms with E-state index in [2.05, 4.69) is 34.7 Å². The van der Waals surface area contributed by atoms with Crippen molar-refractivity contribution in [3.63, 3.8) is 0 Å². The van der Waals surface area contributed by atoms with Crippen molar-refractivity contribution in [1.29, 1.82) is 0 Å². The van der Waals surface area contributed by atoms with Crippen LogP contribution in [0.15, 0.2) is 24.4 Å². The van der Waals surface area contributed by atoms with Crippen molar-refractivity contribution in [2.24, 2.45) is 0 Å². The molecule has 1 saturated carbocycles. The summed E-state index contributed by atoms with van der Waals surface area (Å²) in [5.41, 5.74) is 3.55. The number of aryl methyl sites for hydroxylation is 1. The maximum atomic E-state index is 12.1. The van der Waals surface area contributed by atoms with E-state index < -0.39 is 9.84 Å². The van der Waals surface area contributed by atoms with Crippen LogP contribution in [0.25, 0.3) is 10.9 Å². The third kappa shape index (κ3) is 4.38. The molecular formula is C19H27N3O3S. The van der Waals surface area contributed by atoms with Gasteiger partial charge in [0.05, 0.1) is 5.25 Å². The van der Waals surface area contributed by atoms with Crippen LogP contribution < -0.4 is 10.6 Å². The number of urea groups is 1. The summed E-state index contributed by atoms with van der Waals surface area (Å²) in [7, 11) is -2.97. The molecule has 1 aliphatic rings. The van der Waals surface area contributed by atoms with Crippen LogP contribution in [0.5, 0.6) is 0 Å². The molecule has 1 aliphatic carbocycles. The number of aromatic nitrogens is 1. The Balaban J connectivity index is 1.45. The second-order valence-corrected chi connectivity index (χ2v) is 9.59. The van der Waals surface area contributed by atoms with Crippen LogP contribution >= 0.6 is 0 Å². The van der Waals surface area contributed by atoms with Crippen molar-refractivity contribution >= 4 is 26.8 Å². The number of nitrogens with one attached hydrogen (secondary N) is 3. The number of fused-ring (bicyclic) bond motifs is 1. The Morgan fingerprint density at radius 1 is 1.23 bits per heavy atom. The fraction of sp³-hybridized carbons (Fsp3) is 0.526. The van der Waals surface area contributed by atoms with Gasteiger partial charge in [-0.3, -0.25) is 0 Å². The number of H-pyrrole nitrogens is 1. The van der Waals surface area contributed by atoms with Crippen molar-refractivity contribution in [3.05, 3.63) is 35.5 Å². The highest BCUT2D eigenvalue weighted by atomic mass is 32.2. The number of carbonyl (C=O) groups excluding carboxylic acids is 1. The van der Waals surface area contributed by atoms with Crippen LogP contribution in [0.3, 0.4) is 0 Å². The van der Waals surface area contributed by atoms with E-state index in [0.29, 0.717) is 32.2 Å². The van der Waals surface area contributed by atoms with E-state index in [1.54, 1.807) is 0 Å². The fourth-order valence-electron chi connectivity index (χ4n) is 3.83. The molecule has 26 heavy (non-hydrogen) atoms. The molecule has 3 N–H and O–H groups in total. The van der Waals surface area contributed by atoms with Gasteiger partial charge >= 0.3 is 6.03 Å². The van der Waals surface area contributed by atoms with Gasteiger partial charge in [-0.15, -0.1) is 0 Å². The first-order valence-electron chi connectivity index (χ1n) is 9.13. The van der Waals surface area contributed by atoms with Crippen LogP contribution in [0.2, 0.25) is 0 Å². The quantitative estimate of drug-likeness (QED) is 0.748. The molecule has 0 aliphatic heterocycles. The molecular weight excluding hydrogens is 350 g/mol. The summed E-state index contributed by atoms with van der Waals surface area (Å²) in [6.07, 6.45) is 6.74. The van der Waals surface area contributed by atoms with E-state index in [1.165, 1.54) is 22.8 Å². The lowest BCUT2D eigenvalue weighted by Crippen LogP contribution is -2.45. The molecule has 1 heterocycles. The van der Waals surface area contributed by atoms with Gasteiger partial charge in [-0.2, -0.15) is 0 Å². The highest BCUT2D eigenvalue weighted by Gasteiger charge is 2.28. The van der Waals surface area contributed by atoms with Crippen LogP contribution in [-0.2, 0) is 16.3 Å². The summed E-state index contributed by atoms with van der Waals surface area (Å²) in [5.74, 6) is 0. The third-order valence-corrected chi connectivity index (χ3v) is 6.97. The first-order valence-corrected chi connectivity index (χ1v) is 11.1. The number of sulfone groups is 1. The molecule has 7 heteroatoms. The summed E-state index contributed by atoms with van der Waals surface area (Å²) in [6.45, 7) is 2.65. The highest BCUT2D eigenvalue weighted by Crippen LogP contribution is 2.24. The van der Waals surface area contributed by atoms with Gasteiger partial charge in [0.2, 0.25) is 0 Å². The number of rotatable bonds is 5. The second-order valence-electron chi connectivity index (χ2n) is 7.26. The molecule has 0 unspecified atom stereocenters. The predicted octanol–water partition coefficient (Wildman–Crippen LogP) is 2.67. The zero-order valence-electron chi connectivity index (χ0n) is 15.3. The van der Waals surface area contributed by atoms with Crippen molar-refractivity contribution in [2.45, 2.75) is 50.3 Å². The predicted molar refractivity (Wildman–Crippen MR) is 104 cm³/mol. The van der Waals surface area contributed by atoms with Gasteiger partial charge in [-0.1, -0.05) is 12.1 Å². The Morgan fingerprint density at radius 3 is 2.65 bits per heavy atom. The van der Waals surface area contributed by atoms with Gasteiger partial charge in [0, 0.05) is 35.9 Å². The Hall–Kier alpha value is -2.02. The van der Waals surface area contributed by atoms with Gasteiger partial charge in [-0.05, 0) is 56.2 Å². The van der Waals surface area contributed by atoms with Crippen LogP contribution in [-0.4, -0.2) is 43.5 Å². The molecule has 1 fully saturated rings. The molecule has 142 valence electrons. The van der Waals surface area contributed by atoms with E-state index in [4.69, 9.17) is 0 Å². The largest absolute Gasteiger partial charge is 0.361 e. The minimum atomic E-state index is -2.97. The number of aromatic amines is 1. The second kappa shape index (κ2) is 7.70. The van der Waals surface area contributed by atoms with Gasteiger partial charge in [-0.25, -0.2) is 13.2 Å². The maximum absolute atomic E-state index is 12.1. The summed E-state index contributed by atoms with van der Waals surface area (Å²) < 4.78 is 23.2. The number of amides is 2. The lowest BCUT2D eigenvalue weighted by Gasteiger charge is -2.28. The third-order valence-electron chi connectivity index (χ3n) is 5.29. The summed E-state index contributed by atoms with van der Waals surface area (Å²) in [5, 5.41) is 6.85. The topological polar surface area (TPSA) is 91.1 Å². The lowest BCUT2D eigenvalue weighted by atomic mass is 9.95. The minimum absolute atomic E-state index is 0.0586. The number of hydrogen-bond donors (Lipinski definition) is 3. The molecule has 1 aromatic carbocycles. The van der Waals surface area contributed by atoms with Crippen LogP contribution in [0.4, 0.5) is 4.79 Å². The number of hydrogen-bond acceptors (Lipinski definition) is 3. The average Bonchev–Trinajstić information content (AvgIpc) is 2.99. The van der Waals surface area contributed by atoms with Crippen molar-refractivity contribution in [2.75, 3.05) is 12.8 Å². The van der Waals surface area contributed by atoms with E-state index in [1.807, 2.05) is 12.3 Å². The lowest BCUT2D eigenvalue weighted by molar-refractivity contribution is 0.233. The van der Waals surface area contributed by atoms with Gasteiger partial charge < -0.3 is 15.6 Å². The normalized spacial score (nSPS) is 20.8. The highest BCUT2D eigenvalue weighted by molar-refractivity contribution is 7.91. The van der Waals surface area contributed by atoms with Crippen LogP contribution in [0, 0.1) is 6.92 Å². The van der Waals surface area contributed by atoms with E-state index in [0.717, 1.165) is 11.9 Å². The Morgan fingerprint density at radius 2 is 1.96 bits per heavy atom. The van der Waals surface area contributed by atoms with Gasteiger partial charge in [0.25, 0.3) is 0 Å². The van der Waals surface area contributed by atoms with E-state index in [9.17, 15) is 13.2 Å².